The van der Waals surface area contributed by atoms with Crippen LogP contribution in [0.5, 0.6) is 0 Å². The van der Waals surface area contributed by atoms with Gasteiger partial charge in [-0.05, 0) is 20.3 Å². The summed E-state index contributed by atoms with van der Waals surface area (Å²) < 4.78 is 0. The van der Waals surface area contributed by atoms with Crippen molar-refractivity contribution in [3.05, 3.63) is 0 Å². The summed E-state index contributed by atoms with van der Waals surface area (Å²) in [6.45, 7) is 8.78. The Morgan fingerprint density at radius 1 is 1.29 bits per heavy atom. The molecule has 2 N–H and O–H groups in total. The highest BCUT2D eigenvalue weighted by Crippen LogP contribution is 2.22. The molecule has 2 saturated heterocycles. The maximum Gasteiger partial charge on any atom is 0.249 e. The van der Waals surface area contributed by atoms with Crippen LogP contribution in [0.1, 0.15) is 27.2 Å². The first-order chi connectivity index (χ1) is 9.87. The zero-order valence-corrected chi connectivity index (χ0v) is 12.9. The number of carbonyl (C=O) groups excluding carboxylic acids is 3. The second-order valence-electron chi connectivity index (χ2n) is 6.07. The van der Waals surface area contributed by atoms with Crippen molar-refractivity contribution in [1.29, 1.82) is 0 Å². The Balaban J connectivity index is 2.19. The van der Waals surface area contributed by atoms with E-state index in [4.69, 9.17) is 0 Å². The van der Waals surface area contributed by atoms with Crippen LogP contribution in [0.25, 0.3) is 0 Å². The van der Waals surface area contributed by atoms with Crippen molar-refractivity contribution in [3.8, 4) is 0 Å². The van der Waals surface area contributed by atoms with E-state index < -0.39 is 17.5 Å². The van der Waals surface area contributed by atoms with Gasteiger partial charge >= 0.3 is 0 Å². The summed E-state index contributed by atoms with van der Waals surface area (Å²) in [6, 6.07) is -0.558. The maximum absolute atomic E-state index is 12.9. The molecule has 21 heavy (non-hydrogen) atoms. The lowest BCUT2D eigenvalue weighted by molar-refractivity contribution is -0.156. The van der Waals surface area contributed by atoms with E-state index >= 15 is 0 Å². The van der Waals surface area contributed by atoms with E-state index in [0.29, 0.717) is 6.42 Å². The summed E-state index contributed by atoms with van der Waals surface area (Å²) in [5.41, 5.74) is -0.715. The highest BCUT2D eigenvalue weighted by Gasteiger charge is 2.44. The van der Waals surface area contributed by atoms with E-state index in [0.717, 1.165) is 26.2 Å². The van der Waals surface area contributed by atoms with Gasteiger partial charge in [0.2, 0.25) is 17.7 Å². The first-order valence-electron chi connectivity index (χ1n) is 7.48. The van der Waals surface area contributed by atoms with Gasteiger partial charge in [-0.1, -0.05) is 6.92 Å². The molecule has 0 bridgehead atoms. The van der Waals surface area contributed by atoms with Gasteiger partial charge in [0.15, 0.2) is 0 Å². The third-order valence-corrected chi connectivity index (χ3v) is 4.33. The topological polar surface area (TPSA) is 81.8 Å². The molecule has 0 aromatic rings. The molecule has 0 saturated carbocycles. The molecule has 0 aromatic heterocycles. The minimum atomic E-state index is -0.715. The summed E-state index contributed by atoms with van der Waals surface area (Å²) in [6.07, 6.45) is 0.502. The van der Waals surface area contributed by atoms with Gasteiger partial charge in [-0.3, -0.25) is 24.6 Å². The van der Waals surface area contributed by atoms with Gasteiger partial charge in [-0.25, -0.2) is 0 Å². The average molecular weight is 296 g/mol. The Labute approximate surface area is 125 Å². The smallest absolute Gasteiger partial charge is 0.249 e. The Morgan fingerprint density at radius 3 is 2.48 bits per heavy atom. The molecular formula is C14H24N4O3. The lowest BCUT2D eigenvalue weighted by Gasteiger charge is -2.44. The normalized spacial score (nSPS) is 24.9. The fourth-order valence-corrected chi connectivity index (χ4v) is 3.00. The zero-order valence-electron chi connectivity index (χ0n) is 12.9. The van der Waals surface area contributed by atoms with E-state index in [1.807, 2.05) is 20.8 Å². The summed E-state index contributed by atoms with van der Waals surface area (Å²) in [7, 11) is 0. The second-order valence-corrected chi connectivity index (χ2v) is 6.07. The average Bonchev–Trinajstić information content (AvgIpc) is 2.46. The number of hydrogen-bond acceptors (Lipinski definition) is 5. The Morgan fingerprint density at radius 2 is 1.90 bits per heavy atom. The molecule has 0 spiro atoms. The number of nitrogens with zero attached hydrogens (tertiary/aromatic N) is 2. The SMILES string of the molecule is CCC1C(=O)NC(=O)CN1C(=O)C(C)(C)N1CCNCC1. The standard InChI is InChI=1S/C14H24N4O3/c1-4-10-12(20)16-11(19)9-18(10)13(21)14(2,3)17-7-5-15-6-8-17/h10,15H,4-9H2,1-3H3,(H,16,19,20). The summed E-state index contributed by atoms with van der Waals surface area (Å²) in [4.78, 5) is 40.0. The van der Waals surface area contributed by atoms with Crippen molar-refractivity contribution in [2.24, 2.45) is 0 Å². The van der Waals surface area contributed by atoms with Crippen molar-refractivity contribution in [2.45, 2.75) is 38.8 Å². The van der Waals surface area contributed by atoms with Crippen LogP contribution < -0.4 is 10.6 Å². The number of nitrogens with one attached hydrogen (secondary N) is 2. The van der Waals surface area contributed by atoms with Gasteiger partial charge in [-0.15, -0.1) is 0 Å². The van der Waals surface area contributed by atoms with Crippen LogP contribution in [0.15, 0.2) is 0 Å². The van der Waals surface area contributed by atoms with Crippen LogP contribution in [0.4, 0.5) is 0 Å². The number of amides is 3. The van der Waals surface area contributed by atoms with E-state index in [2.05, 4.69) is 15.5 Å². The van der Waals surface area contributed by atoms with Crippen LogP contribution in [0, 0.1) is 0 Å². The van der Waals surface area contributed by atoms with Gasteiger partial charge in [-0.2, -0.15) is 0 Å². The van der Waals surface area contributed by atoms with Crippen molar-refractivity contribution in [2.75, 3.05) is 32.7 Å². The fraction of sp³-hybridized carbons (Fsp3) is 0.786. The van der Waals surface area contributed by atoms with E-state index in [-0.39, 0.29) is 18.4 Å². The molecule has 118 valence electrons. The molecule has 0 aromatic carbocycles. The number of imide groups is 1. The molecule has 3 amide bonds. The highest BCUT2D eigenvalue weighted by molar-refractivity contribution is 6.05. The molecule has 2 heterocycles. The van der Waals surface area contributed by atoms with Crippen LogP contribution in [-0.4, -0.2) is 71.8 Å². The number of hydrogen-bond donors (Lipinski definition) is 2. The first-order valence-corrected chi connectivity index (χ1v) is 7.48. The Bertz CT molecular complexity index is 444. The van der Waals surface area contributed by atoms with E-state index in [1.165, 1.54) is 4.90 Å². The monoisotopic (exact) mass is 296 g/mol. The predicted molar refractivity (Wildman–Crippen MR) is 77.5 cm³/mol. The summed E-state index contributed by atoms with van der Waals surface area (Å²) in [5.74, 6) is -0.938. The van der Waals surface area contributed by atoms with Gasteiger partial charge < -0.3 is 10.2 Å². The third kappa shape index (κ3) is 3.08. The van der Waals surface area contributed by atoms with Crippen LogP contribution in [0.2, 0.25) is 0 Å². The molecule has 1 unspecified atom stereocenters. The molecule has 7 heteroatoms. The molecule has 1 atom stereocenters. The number of piperazine rings is 2. The lowest BCUT2D eigenvalue weighted by atomic mass is 9.97. The van der Waals surface area contributed by atoms with Gasteiger partial charge in [0.05, 0.1) is 5.54 Å². The molecule has 2 aliphatic heterocycles. The molecule has 0 aliphatic carbocycles. The molecule has 7 nitrogen and oxygen atoms in total. The first kappa shape index (κ1) is 15.9. The Hall–Kier alpha value is -1.47. The highest BCUT2D eigenvalue weighted by atomic mass is 16.2. The van der Waals surface area contributed by atoms with E-state index in [1.54, 1.807) is 0 Å². The largest absolute Gasteiger partial charge is 0.320 e. The maximum atomic E-state index is 12.9. The van der Waals surface area contributed by atoms with Crippen molar-refractivity contribution < 1.29 is 14.4 Å². The van der Waals surface area contributed by atoms with Crippen LogP contribution in [0.3, 0.4) is 0 Å². The van der Waals surface area contributed by atoms with E-state index in [9.17, 15) is 14.4 Å². The predicted octanol–water partition coefficient (Wildman–Crippen LogP) is -1.07. The van der Waals surface area contributed by atoms with Crippen molar-refractivity contribution in [3.63, 3.8) is 0 Å². The summed E-state index contributed by atoms with van der Waals surface area (Å²) >= 11 is 0. The second kappa shape index (κ2) is 6.11. The lowest BCUT2D eigenvalue weighted by Crippen LogP contribution is -2.67. The van der Waals surface area contributed by atoms with Gasteiger partial charge in [0, 0.05) is 26.2 Å². The van der Waals surface area contributed by atoms with Crippen LogP contribution in [-0.2, 0) is 14.4 Å². The van der Waals surface area contributed by atoms with Gasteiger partial charge in [0.25, 0.3) is 0 Å². The fourth-order valence-electron chi connectivity index (χ4n) is 3.00. The third-order valence-electron chi connectivity index (χ3n) is 4.33. The molecule has 2 fully saturated rings. The number of rotatable bonds is 3. The van der Waals surface area contributed by atoms with Crippen LogP contribution >= 0.6 is 0 Å². The molecule has 2 aliphatic rings. The Kier molecular flexibility index (Phi) is 4.63. The molecule has 2 rings (SSSR count). The number of carbonyl (C=O) groups is 3. The summed E-state index contributed by atoms with van der Waals surface area (Å²) in [5, 5.41) is 5.56. The minimum absolute atomic E-state index is 0.0431. The minimum Gasteiger partial charge on any atom is -0.320 e. The van der Waals surface area contributed by atoms with Gasteiger partial charge in [0.1, 0.15) is 12.6 Å². The zero-order chi connectivity index (χ0) is 15.6. The molecule has 0 radical (unpaired) electrons. The van der Waals surface area contributed by atoms with Crippen molar-refractivity contribution in [1.82, 2.24) is 20.4 Å². The quantitative estimate of drug-likeness (QED) is 0.649. The van der Waals surface area contributed by atoms with Crippen molar-refractivity contribution >= 4 is 17.7 Å². The molecular weight excluding hydrogens is 272 g/mol.